The van der Waals surface area contributed by atoms with Crippen LogP contribution in [0.3, 0.4) is 0 Å². The Labute approximate surface area is 162 Å². The van der Waals surface area contributed by atoms with Gasteiger partial charge in [0.15, 0.2) is 5.82 Å². The van der Waals surface area contributed by atoms with E-state index in [0.717, 1.165) is 42.8 Å². The quantitative estimate of drug-likeness (QED) is 0.734. The fourth-order valence-electron chi connectivity index (χ4n) is 4.43. The summed E-state index contributed by atoms with van der Waals surface area (Å²) in [6, 6.07) is -0.161. The van der Waals surface area contributed by atoms with Crippen molar-refractivity contribution in [1.82, 2.24) is 18.8 Å². The molecule has 0 bridgehead atoms. The Bertz CT molecular complexity index is 977. The molecular weight excluding hydrogens is 392 g/mol. The molecule has 0 radical (unpaired) electrons. The van der Waals surface area contributed by atoms with Gasteiger partial charge in [-0.05, 0) is 19.8 Å². The first-order chi connectivity index (χ1) is 12.6. The second-order valence-corrected chi connectivity index (χ2v) is 9.77. The molecule has 2 aromatic heterocycles. The molecule has 2 aromatic rings. The lowest BCUT2D eigenvalue weighted by atomic mass is 9.60. The van der Waals surface area contributed by atoms with E-state index in [9.17, 15) is 13.5 Å². The first-order valence-corrected chi connectivity index (χ1v) is 10.7. The standard InChI is InChI=1S/C16H23ClN6O3S/c1-10(24)5-23(27(18,25)26)11-3-16(4-11)7-22(8-16)15-14-13(19-9-20-15)12(17)6-21(14)2/h6,9-11,24H,3-5,7-8H2,1-2H3,(H2,18,25,26). The molecule has 0 aromatic carbocycles. The van der Waals surface area contributed by atoms with Gasteiger partial charge in [0.1, 0.15) is 17.4 Å². The number of hydrogen-bond donors (Lipinski definition) is 2. The molecule has 9 nitrogen and oxygen atoms in total. The molecule has 1 unspecified atom stereocenters. The van der Waals surface area contributed by atoms with Crippen LogP contribution in [0.15, 0.2) is 12.5 Å². The van der Waals surface area contributed by atoms with Gasteiger partial charge in [-0.3, -0.25) is 0 Å². The summed E-state index contributed by atoms with van der Waals surface area (Å²) >= 11 is 6.22. The average Bonchev–Trinajstić information content (AvgIpc) is 2.77. The van der Waals surface area contributed by atoms with Gasteiger partial charge < -0.3 is 14.6 Å². The topological polar surface area (TPSA) is 118 Å². The Morgan fingerprint density at radius 1 is 1.44 bits per heavy atom. The third kappa shape index (κ3) is 3.19. The number of nitrogens with two attached hydrogens (primary N) is 1. The second-order valence-electron chi connectivity index (χ2n) is 7.86. The van der Waals surface area contributed by atoms with Crippen molar-refractivity contribution in [2.24, 2.45) is 17.6 Å². The molecule has 1 aliphatic carbocycles. The van der Waals surface area contributed by atoms with E-state index in [0.29, 0.717) is 5.02 Å². The van der Waals surface area contributed by atoms with Crippen molar-refractivity contribution < 1.29 is 13.5 Å². The maximum Gasteiger partial charge on any atom is 0.277 e. The molecule has 27 heavy (non-hydrogen) atoms. The SMILES string of the molecule is CC(O)CN(C1CC2(C1)CN(c1ncnc3c(Cl)cn(C)c13)C2)S(N)(=O)=O. The van der Waals surface area contributed by atoms with E-state index in [1.807, 2.05) is 17.8 Å². The number of fused-ring (bicyclic) bond motifs is 1. The molecule has 1 spiro atoms. The van der Waals surface area contributed by atoms with Crippen molar-refractivity contribution in [2.45, 2.75) is 31.9 Å². The summed E-state index contributed by atoms with van der Waals surface area (Å²) in [7, 11) is -1.92. The third-order valence-electron chi connectivity index (χ3n) is 5.56. The highest BCUT2D eigenvalue weighted by Gasteiger charge is 2.55. The maximum atomic E-state index is 11.8. The minimum absolute atomic E-state index is 0.0255. The Balaban J connectivity index is 1.47. The Kier molecular flexibility index (Phi) is 4.39. The van der Waals surface area contributed by atoms with Crippen LogP contribution in [0.1, 0.15) is 19.8 Å². The number of rotatable bonds is 5. The number of anilines is 1. The lowest BCUT2D eigenvalue weighted by molar-refractivity contribution is 0.00229. The largest absolute Gasteiger partial charge is 0.392 e. The van der Waals surface area contributed by atoms with Gasteiger partial charge in [-0.1, -0.05) is 11.6 Å². The fourth-order valence-corrected chi connectivity index (χ4v) is 5.71. The average molecular weight is 415 g/mol. The monoisotopic (exact) mass is 414 g/mol. The van der Waals surface area contributed by atoms with Gasteiger partial charge >= 0.3 is 0 Å². The van der Waals surface area contributed by atoms with Gasteiger partial charge in [0.2, 0.25) is 0 Å². The Morgan fingerprint density at radius 3 is 2.70 bits per heavy atom. The Hall–Kier alpha value is -1.46. The summed E-state index contributed by atoms with van der Waals surface area (Å²) in [4.78, 5) is 10.9. The zero-order valence-corrected chi connectivity index (χ0v) is 16.8. The number of nitrogens with zero attached hydrogens (tertiary/aromatic N) is 5. The van der Waals surface area contributed by atoms with Gasteiger partial charge in [0.25, 0.3) is 10.2 Å². The van der Waals surface area contributed by atoms with Gasteiger partial charge in [-0.2, -0.15) is 12.7 Å². The number of aryl methyl sites for hydroxylation is 1. The van der Waals surface area contributed by atoms with Crippen molar-refractivity contribution in [3.05, 3.63) is 17.5 Å². The van der Waals surface area contributed by atoms with Crippen LogP contribution in [-0.4, -0.2) is 64.1 Å². The number of aliphatic hydroxyl groups is 1. The molecule has 4 rings (SSSR count). The van der Waals surface area contributed by atoms with Gasteiger partial charge in [-0.25, -0.2) is 15.1 Å². The summed E-state index contributed by atoms with van der Waals surface area (Å²) in [5.41, 5.74) is 1.70. The van der Waals surface area contributed by atoms with E-state index in [1.54, 1.807) is 6.92 Å². The molecule has 2 aliphatic rings. The number of hydrogen-bond acceptors (Lipinski definition) is 6. The molecule has 3 N–H and O–H groups in total. The maximum absolute atomic E-state index is 11.8. The van der Waals surface area contributed by atoms with E-state index in [-0.39, 0.29) is 18.0 Å². The number of aromatic nitrogens is 3. The van der Waals surface area contributed by atoms with Crippen LogP contribution in [0.2, 0.25) is 5.02 Å². The van der Waals surface area contributed by atoms with E-state index < -0.39 is 16.3 Å². The molecule has 11 heteroatoms. The van der Waals surface area contributed by atoms with Crippen molar-refractivity contribution in [3.8, 4) is 0 Å². The smallest absolute Gasteiger partial charge is 0.277 e. The first kappa shape index (κ1) is 18.9. The highest BCUT2D eigenvalue weighted by atomic mass is 35.5. The van der Waals surface area contributed by atoms with Crippen LogP contribution < -0.4 is 10.0 Å². The van der Waals surface area contributed by atoms with Crippen molar-refractivity contribution in [3.63, 3.8) is 0 Å². The lowest BCUT2D eigenvalue weighted by Gasteiger charge is -2.60. The minimum Gasteiger partial charge on any atom is -0.392 e. The van der Waals surface area contributed by atoms with Crippen LogP contribution >= 0.6 is 11.6 Å². The molecule has 1 saturated carbocycles. The zero-order chi connectivity index (χ0) is 19.6. The highest BCUT2D eigenvalue weighted by molar-refractivity contribution is 7.86. The fraction of sp³-hybridized carbons (Fsp3) is 0.625. The molecule has 2 fully saturated rings. The Morgan fingerprint density at radius 2 is 2.11 bits per heavy atom. The van der Waals surface area contributed by atoms with E-state index in [1.165, 1.54) is 10.6 Å². The predicted octanol–water partition coefficient (Wildman–Crippen LogP) is 0.477. The van der Waals surface area contributed by atoms with Crippen LogP contribution in [0.5, 0.6) is 0 Å². The van der Waals surface area contributed by atoms with Gasteiger partial charge in [-0.15, -0.1) is 0 Å². The van der Waals surface area contributed by atoms with Gasteiger partial charge in [0, 0.05) is 44.3 Å². The van der Waals surface area contributed by atoms with Crippen LogP contribution in [0.25, 0.3) is 11.0 Å². The number of halogens is 1. The minimum atomic E-state index is -3.83. The molecule has 0 amide bonds. The molecule has 1 saturated heterocycles. The van der Waals surface area contributed by atoms with Crippen LogP contribution in [-0.2, 0) is 17.3 Å². The summed E-state index contributed by atoms with van der Waals surface area (Å²) in [6.45, 7) is 3.18. The summed E-state index contributed by atoms with van der Waals surface area (Å²) in [5.74, 6) is 0.843. The number of aliphatic hydroxyl groups excluding tert-OH is 1. The molecule has 148 valence electrons. The second kappa shape index (κ2) is 6.28. The predicted molar refractivity (Wildman–Crippen MR) is 103 cm³/mol. The van der Waals surface area contributed by atoms with Crippen LogP contribution in [0, 0.1) is 5.41 Å². The normalized spacial score (nSPS) is 20.9. The molecular formula is C16H23ClN6O3S. The van der Waals surface area contributed by atoms with Crippen molar-refractivity contribution in [1.29, 1.82) is 0 Å². The third-order valence-corrected chi connectivity index (χ3v) is 6.93. The summed E-state index contributed by atoms with van der Waals surface area (Å²) < 4.78 is 26.8. The van der Waals surface area contributed by atoms with Gasteiger partial charge in [0.05, 0.1) is 11.1 Å². The van der Waals surface area contributed by atoms with Crippen molar-refractivity contribution >= 4 is 38.7 Å². The van der Waals surface area contributed by atoms with Crippen LogP contribution in [0.4, 0.5) is 5.82 Å². The zero-order valence-electron chi connectivity index (χ0n) is 15.2. The highest BCUT2D eigenvalue weighted by Crippen LogP contribution is 2.52. The molecule has 1 aliphatic heterocycles. The van der Waals surface area contributed by atoms with Crippen molar-refractivity contribution in [2.75, 3.05) is 24.5 Å². The summed E-state index contributed by atoms with van der Waals surface area (Å²) in [5, 5.41) is 15.5. The van der Waals surface area contributed by atoms with E-state index in [4.69, 9.17) is 16.7 Å². The lowest BCUT2D eigenvalue weighted by Crippen LogP contribution is -2.68. The molecule has 3 heterocycles. The molecule has 1 atom stereocenters. The first-order valence-electron chi connectivity index (χ1n) is 8.78. The van der Waals surface area contributed by atoms with E-state index >= 15 is 0 Å². The van der Waals surface area contributed by atoms with E-state index in [2.05, 4.69) is 14.9 Å². The summed E-state index contributed by atoms with van der Waals surface area (Å²) in [6.07, 6.45) is 4.04.